The van der Waals surface area contributed by atoms with Crippen molar-refractivity contribution in [3.8, 4) is 0 Å². The molecule has 2 amide bonds. The Bertz CT molecular complexity index is 485. The summed E-state index contributed by atoms with van der Waals surface area (Å²) < 4.78 is 4.80. The molecule has 0 aliphatic carbocycles. The molecule has 7 nitrogen and oxygen atoms in total. The van der Waals surface area contributed by atoms with E-state index in [1.165, 1.54) is 16.7 Å². The van der Waals surface area contributed by atoms with E-state index in [0.717, 1.165) is 0 Å². The molecule has 0 fully saturated rings. The molecule has 1 atom stereocenters. The minimum absolute atomic E-state index is 0.229. The van der Waals surface area contributed by atoms with Crippen LogP contribution in [0.2, 0.25) is 0 Å². The number of aliphatic hydroxyl groups is 1. The van der Waals surface area contributed by atoms with E-state index < -0.39 is 6.23 Å². The molecule has 0 saturated heterocycles. The van der Waals surface area contributed by atoms with Gasteiger partial charge in [0.05, 0.1) is 18.0 Å². The largest absolute Gasteiger partial charge is 0.466 e. The molecule has 1 unspecified atom stereocenters. The van der Waals surface area contributed by atoms with E-state index in [0.29, 0.717) is 24.3 Å². The Hall–Kier alpha value is -2.02. The maximum Gasteiger partial charge on any atom is 0.326 e. The predicted octanol–water partition coefficient (Wildman–Crippen LogP) is 0.831. The smallest absolute Gasteiger partial charge is 0.326 e. The van der Waals surface area contributed by atoms with E-state index in [2.05, 4.69) is 4.98 Å². The summed E-state index contributed by atoms with van der Waals surface area (Å²) >= 11 is 0. The third-order valence-electron chi connectivity index (χ3n) is 3.05. The number of nitrogens with one attached hydrogen (secondary N) is 1. The molecule has 1 aromatic rings. The standard InChI is InChI=1S/C12H17N3O4/c1-8(16)19-7-3-6-15-11(17)10-9(4-5-13-10)14(2)12(15)18/h4-5,11,13,17H,3,6-7H2,1-2H3. The SMILES string of the molecule is CC(=O)OCCCN1C(=O)N(C)c2cc[nH]c2C1O. The highest BCUT2D eigenvalue weighted by atomic mass is 16.5. The van der Waals surface area contributed by atoms with Crippen molar-refractivity contribution in [2.24, 2.45) is 0 Å². The molecule has 7 heteroatoms. The highest BCUT2D eigenvalue weighted by Gasteiger charge is 2.35. The number of rotatable bonds is 4. The van der Waals surface area contributed by atoms with Gasteiger partial charge in [0.2, 0.25) is 0 Å². The van der Waals surface area contributed by atoms with Crippen LogP contribution in [0.4, 0.5) is 10.5 Å². The first-order chi connectivity index (χ1) is 9.02. The normalized spacial score (nSPS) is 18.5. The maximum absolute atomic E-state index is 12.1. The zero-order valence-electron chi connectivity index (χ0n) is 10.9. The number of H-pyrrole nitrogens is 1. The van der Waals surface area contributed by atoms with Gasteiger partial charge in [0.15, 0.2) is 6.23 Å². The third kappa shape index (κ3) is 2.55. The summed E-state index contributed by atoms with van der Waals surface area (Å²) in [6.45, 7) is 1.88. The fourth-order valence-corrected chi connectivity index (χ4v) is 2.10. The van der Waals surface area contributed by atoms with Gasteiger partial charge in [0.25, 0.3) is 0 Å². The molecule has 1 aliphatic heterocycles. The molecule has 19 heavy (non-hydrogen) atoms. The second-order valence-corrected chi connectivity index (χ2v) is 4.38. The Morgan fingerprint density at radius 2 is 2.32 bits per heavy atom. The van der Waals surface area contributed by atoms with Crippen LogP contribution in [-0.4, -0.2) is 47.2 Å². The van der Waals surface area contributed by atoms with Crippen LogP contribution in [0.3, 0.4) is 0 Å². The van der Waals surface area contributed by atoms with Crippen molar-refractivity contribution in [3.63, 3.8) is 0 Å². The predicted molar refractivity (Wildman–Crippen MR) is 67.5 cm³/mol. The van der Waals surface area contributed by atoms with Gasteiger partial charge in [-0.25, -0.2) is 4.79 Å². The first-order valence-electron chi connectivity index (χ1n) is 6.05. The summed E-state index contributed by atoms with van der Waals surface area (Å²) in [7, 11) is 1.65. The summed E-state index contributed by atoms with van der Waals surface area (Å²) in [6, 6.07) is 1.47. The van der Waals surface area contributed by atoms with Crippen molar-refractivity contribution in [1.82, 2.24) is 9.88 Å². The van der Waals surface area contributed by atoms with Crippen molar-refractivity contribution in [3.05, 3.63) is 18.0 Å². The highest BCUT2D eigenvalue weighted by Crippen LogP contribution is 2.33. The number of esters is 1. The number of aromatic amines is 1. The number of anilines is 1. The van der Waals surface area contributed by atoms with Gasteiger partial charge in [0.1, 0.15) is 0 Å². The average Bonchev–Trinajstić information content (AvgIpc) is 2.84. The summed E-state index contributed by atoms with van der Waals surface area (Å²) in [5.41, 5.74) is 1.27. The number of carbonyl (C=O) groups excluding carboxylic acids is 2. The van der Waals surface area contributed by atoms with Crippen molar-refractivity contribution in [1.29, 1.82) is 0 Å². The number of hydrogen-bond donors (Lipinski definition) is 2. The van der Waals surface area contributed by atoms with Gasteiger partial charge in [-0.3, -0.25) is 14.6 Å². The maximum atomic E-state index is 12.1. The molecular weight excluding hydrogens is 250 g/mol. The molecule has 1 aliphatic rings. The third-order valence-corrected chi connectivity index (χ3v) is 3.05. The van der Waals surface area contributed by atoms with Gasteiger partial charge in [-0.05, 0) is 12.5 Å². The van der Waals surface area contributed by atoms with Crippen LogP contribution in [0.15, 0.2) is 12.3 Å². The number of carbonyl (C=O) groups is 2. The van der Waals surface area contributed by atoms with Crippen LogP contribution in [0.5, 0.6) is 0 Å². The Labute approximate surface area is 110 Å². The number of ether oxygens (including phenoxy) is 1. The Kier molecular flexibility index (Phi) is 3.75. The molecule has 104 valence electrons. The molecule has 2 rings (SSSR count). The number of urea groups is 1. The van der Waals surface area contributed by atoms with Crippen LogP contribution in [0.25, 0.3) is 0 Å². The van der Waals surface area contributed by atoms with Crippen molar-refractivity contribution in [2.45, 2.75) is 19.6 Å². The van der Waals surface area contributed by atoms with E-state index in [-0.39, 0.29) is 18.6 Å². The van der Waals surface area contributed by atoms with Crippen LogP contribution in [0, 0.1) is 0 Å². The minimum atomic E-state index is -0.994. The second kappa shape index (κ2) is 5.31. The van der Waals surface area contributed by atoms with E-state index in [4.69, 9.17) is 4.74 Å². The number of nitrogens with zero attached hydrogens (tertiary/aromatic N) is 2. The lowest BCUT2D eigenvalue weighted by molar-refractivity contribution is -0.141. The summed E-state index contributed by atoms with van der Waals surface area (Å²) in [4.78, 5) is 28.5. The number of aromatic nitrogens is 1. The Morgan fingerprint density at radius 3 is 3.00 bits per heavy atom. The van der Waals surface area contributed by atoms with Crippen LogP contribution in [-0.2, 0) is 9.53 Å². The summed E-state index contributed by atoms with van der Waals surface area (Å²) in [5, 5.41) is 10.1. The fraction of sp³-hybridized carbons (Fsp3) is 0.500. The van der Waals surface area contributed by atoms with Crippen LogP contribution < -0.4 is 4.90 Å². The van der Waals surface area contributed by atoms with Gasteiger partial charge in [-0.1, -0.05) is 0 Å². The zero-order chi connectivity index (χ0) is 14.0. The van der Waals surface area contributed by atoms with E-state index in [1.54, 1.807) is 19.3 Å². The van der Waals surface area contributed by atoms with Crippen molar-refractivity contribution < 1.29 is 19.4 Å². The quantitative estimate of drug-likeness (QED) is 0.625. The number of fused-ring (bicyclic) bond motifs is 1. The highest BCUT2D eigenvalue weighted by molar-refractivity contribution is 5.94. The van der Waals surface area contributed by atoms with E-state index in [9.17, 15) is 14.7 Å². The molecule has 2 N–H and O–H groups in total. The fourth-order valence-electron chi connectivity index (χ4n) is 2.10. The van der Waals surface area contributed by atoms with Gasteiger partial charge in [-0.15, -0.1) is 0 Å². The van der Waals surface area contributed by atoms with Crippen LogP contribution >= 0.6 is 0 Å². The lowest BCUT2D eigenvalue weighted by atomic mass is 10.2. The van der Waals surface area contributed by atoms with Crippen LogP contribution in [0.1, 0.15) is 25.3 Å². The topological polar surface area (TPSA) is 85.9 Å². The minimum Gasteiger partial charge on any atom is -0.466 e. The van der Waals surface area contributed by atoms with E-state index >= 15 is 0 Å². The molecular formula is C12H17N3O4. The lowest BCUT2D eigenvalue weighted by Crippen LogP contribution is -2.48. The van der Waals surface area contributed by atoms with Gasteiger partial charge < -0.3 is 14.8 Å². The monoisotopic (exact) mass is 267 g/mol. The first kappa shape index (κ1) is 13.4. The molecule has 1 aromatic heterocycles. The Morgan fingerprint density at radius 1 is 1.58 bits per heavy atom. The zero-order valence-corrected chi connectivity index (χ0v) is 10.9. The number of hydrogen-bond acceptors (Lipinski definition) is 4. The van der Waals surface area contributed by atoms with Gasteiger partial charge >= 0.3 is 12.0 Å². The first-order valence-corrected chi connectivity index (χ1v) is 6.05. The van der Waals surface area contributed by atoms with Gasteiger partial charge in [0, 0.05) is 26.7 Å². The molecule has 2 heterocycles. The molecule has 0 saturated carbocycles. The lowest BCUT2D eigenvalue weighted by Gasteiger charge is -2.36. The molecule has 0 bridgehead atoms. The summed E-state index contributed by atoms with van der Waals surface area (Å²) in [5.74, 6) is -0.353. The molecule has 0 aromatic carbocycles. The molecule has 0 radical (unpaired) electrons. The number of amides is 2. The number of aliphatic hydroxyl groups excluding tert-OH is 1. The van der Waals surface area contributed by atoms with Crippen molar-refractivity contribution in [2.75, 3.05) is 25.1 Å². The second-order valence-electron chi connectivity index (χ2n) is 4.38. The summed E-state index contributed by atoms with van der Waals surface area (Å²) in [6.07, 6.45) is 1.16. The Balaban J connectivity index is 2.01. The van der Waals surface area contributed by atoms with Gasteiger partial charge in [-0.2, -0.15) is 0 Å². The molecule has 0 spiro atoms. The average molecular weight is 267 g/mol. The van der Waals surface area contributed by atoms with Crippen molar-refractivity contribution >= 4 is 17.7 Å². The van der Waals surface area contributed by atoms with E-state index in [1.807, 2.05) is 0 Å².